The number of imidazole rings is 2. The highest BCUT2D eigenvalue weighted by molar-refractivity contribution is 5.88. The Morgan fingerprint density at radius 3 is 1.70 bits per heavy atom. The minimum absolute atomic E-state index is 0.113. The molecular formula is C58H62F6N14O4. The molecule has 2 amide bonds. The standard InChI is InChI=1S/C58H62F6N14O4/c1-6-78-24-23-77(34-39-7-8-41(28-48(39)58(62,63)64)69-55-71-49-11-9-44(29-51(49)73(55)4)81-46-13-16-65-53(31-46)67-36(2)79)35-43(78)15-18-75-19-21-76(22-20-75)33-38-25-40(57(59,60)61)27-42(26-38)70-56-72-50-12-10-45(30-52(50)74(56)5)82-47-14-17-66-54(32-47)68-37(3)80/h7-14,16-17,25-32,43H,6,15,18-24,33-35H2,1-5H3,(H,69,71)(H,70,72)(H,65,67,79)(H,66,68,80). The van der Waals surface area contributed by atoms with Gasteiger partial charge in [0.05, 0.1) is 33.2 Å². The molecule has 430 valence electrons. The SMILES string of the molecule is CCN1CCN(Cc2ccc(Nc3nc4ccc(Oc5ccnc(NC(C)=O)c5)cc4n3C)cc2C(F)(F)F)CC1CCN1CCN(Cc2cc(Nc3nc4ccc(Oc5ccnc(NC(C)=O)c5)cc4n3C)cc(C(F)(F)F)c2)CC1. The number of nitrogens with zero attached hydrogens (tertiary/aromatic N) is 10. The number of rotatable bonds is 18. The molecule has 2 saturated heterocycles. The summed E-state index contributed by atoms with van der Waals surface area (Å²) in [6.45, 7) is 11.5. The average Bonchev–Trinajstić information content (AvgIpc) is 3.90. The fourth-order valence-electron chi connectivity index (χ4n) is 10.5. The van der Waals surface area contributed by atoms with E-state index in [1.54, 1.807) is 96.0 Å². The third kappa shape index (κ3) is 13.9. The van der Waals surface area contributed by atoms with E-state index in [0.29, 0.717) is 127 Å². The monoisotopic (exact) mass is 1130 g/mol. The number of hydrogen-bond acceptors (Lipinski definition) is 14. The zero-order chi connectivity index (χ0) is 57.9. The lowest BCUT2D eigenvalue weighted by molar-refractivity contribution is -0.139. The van der Waals surface area contributed by atoms with Gasteiger partial charge in [-0.05, 0) is 97.4 Å². The van der Waals surface area contributed by atoms with E-state index in [1.165, 1.54) is 38.4 Å². The topological polar surface area (TPSA) is 175 Å². The first-order chi connectivity index (χ1) is 39.2. The van der Waals surface area contributed by atoms with E-state index in [-0.39, 0.29) is 41.3 Å². The fourth-order valence-corrected chi connectivity index (χ4v) is 10.5. The van der Waals surface area contributed by atoms with Gasteiger partial charge in [0.2, 0.25) is 23.7 Å². The molecule has 1 atom stereocenters. The molecule has 2 aliphatic rings. The van der Waals surface area contributed by atoms with Crippen LogP contribution in [0.1, 0.15) is 49.4 Å². The highest BCUT2D eigenvalue weighted by Crippen LogP contribution is 2.38. The molecule has 8 aromatic rings. The molecule has 24 heteroatoms. The van der Waals surface area contributed by atoms with Crippen LogP contribution in [0.3, 0.4) is 0 Å². The molecule has 4 aromatic carbocycles. The maximum absolute atomic E-state index is 14.9. The van der Waals surface area contributed by atoms with Gasteiger partial charge in [0.25, 0.3) is 0 Å². The van der Waals surface area contributed by atoms with Crippen molar-refractivity contribution in [2.45, 2.75) is 58.7 Å². The van der Waals surface area contributed by atoms with Crippen molar-refractivity contribution in [3.05, 3.63) is 132 Å². The number of alkyl halides is 6. The first kappa shape index (κ1) is 56.9. The Labute approximate surface area is 469 Å². The van der Waals surface area contributed by atoms with Crippen molar-refractivity contribution in [1.82, 2.24) is 48.7 Å². The first-order valence-electron chi connectivity index (χ1n) is 26.8. The number of nitrogens with one attached hydrogen (secondary N) is 4. The minimum Gasteiger partial charge on any atom is -0.457 e. The van der Waals surface area contributed by atoms with Crippen LogP contribution in [0.15, 0.2) is 109 Å². The summed E-state index contributed by atoms with van der Waals surface area (Å²) in [5.74, 6) is 2.65. The zero-order valence-electron chi connectivity index (χ0n) is 45.8. The number of halogens is 6. The minimum atomic E-state index is -4.62. The maximum Gasteiger partial charge on any atom is 0.416 e. The van der Waals surface area contributed by atoms with Gasteiger partial charge in [0.1, 0.15) is 34.6 Å². The third-order valence-corrected chi connectivity index (χ3v) is 14.6. The summed E-state index contributed by atoms with van der Waals surface area (Å²) in [5, 5.41) is 11.5. The van der Waals surface area contributed by atoms with Gasteiger partial charge in [0.15, 0.2) is 0 Å². The second kappa shape index (κ2) is 24.0. The van der Waals surface area contributed by atoms with E-state index < -0.39 is 23.5 Å². The first-order valence-corrected chi connectivity index (χ1v) is 26.8. The molecule has 6 heterocycles. The third-order valence-electron chi connectivity index (χ3n) is 14.6. The largest absolute Gasteiger partial charge is 0.457 e. The lowest BCUT2D eigenvalue weighted by Crippen LogP contribution is -2.54. The number of ether oxygens (including phenoxy) is 2. The van der Waals surface area contributed by atoms with Crippen molar-refractivity contribution in [3.63, 3.8) is 0 Å². The number of pyridine rings is 2. The number of aryl methyl sites for hydroxylation is 2. The molecule has 18 nitrogen and oxygen atoms in total. The van der Waals surface area contributed by atoms with E-state index >= 15 is 0 Å². The fraction of sp³-hybridized carbons (Fsp3) is 0.345. The Kier molecular flexibility index (Phi) is 16.7. The van der Waals surface area contributed by atoms with Crippen molar-refractivity contribution >= 4 is 68.8 Å². The van der Waals surface area contributed by atoms with Crippen molar-refractivity contribution in [2.75, 3.05) is 80.2 Å². The van der Waals surface area contributed by atoms with Crippen molar-refractivity contribution in [3.8, 4) is 23.0 Å². The Hall–Kier alpha value is -8.32. The van der Waals surface area contributed by atoms with Crippen LogP contribution in [0.2, 0.25) is 0 Å². The Morgan fingerprint density at radius 1 is 0.598 bits per heavy atom. The Bertz CT molecular complexity index is 3620. The van der Waals surface area contributed by atoms with E-state index in [9.17, 15) is 35.9 Å². The lowest BCUT2D eigenvalue weighted by Gasteiger charge is -2.42. The van der Waals surface area contributed by atoms with Crippen LogP contribution in [0.25, 0.3) is 22.1 Å². The highest BCUT2D eigenvalue weighted by Gasteiger charge is 2.36. The van der Waals surface area contributed by atoms with Crippen molar-refractivity contribution < 1.29 is 45.4 Å². The number of anilines is 6. The van der Waals surface area contributed by atoms with Gasteiger partial charge in [-0.3, -0.25) is 24.3 Å². The Morgan fingerprint density at radius 2 is 1.15 bits per heavy atom. The quantitative estimate of drug-likeness (QED) is 0.0597. The predicted octanol–water partition coefficient (Wildman–Crippen LogP) is 11.0. The van der Waals surface area contributed by atoms with E-state index in [0.717, 1.165) is 31.6 Å². The molecule has 2 aliphatic heterocycles. The van der Waals surface area contributed by atoms with Crippen molar-refractivity contribution in [1.29, 1.82) is 0 Å². The number of benzene rings is 4. The number of carbonyl (C=O) groups excluding carboxylic acids is 2. The summed E-state index contributed by atoms with van der Waals surface area (Å²) >= 11 is 0. The molecule has 0 spiro atoms. The number of carbonyl (C=O) groups is 2. The average molecular weight is 1130 g/mol. The van der Waals surface area contributed by atoms with Crippen LogP contribution in [-0.2, 0) is 49.1 Å². The van der Waals surface area contributed by atoms with Gasteiger partial charge in [-0.2, -0.15) is 26.3 Å². The molecule has 82 heavy (non-hydrogen) atoms. The zero-order valence-corrected chi connectivity index (χ0v) is 45.8. The molecule has 10 rings (SSSR count). The van der Waals surface area contributed by atoms with Crippen LogP contribution in [-0.4, -0.2) is 125 Å². The number of fused-ring (bicyclic) bond motifs is 2. The van der Waals surface area contributed by atoms with E-state index in [4.69, 9.17) is 9.47 Å². The summed E-state index contributed by atoms with van der Waals surface area (Å²) in [5.41, 5.74) is 2.21. The van der Waals surface area contributed by atoms with Crippen LogP contribution in [0.4, 0.5) is 61.2 Å². The molecule has 0 bridgehead atoms. The second-order valence-corrected chi connectivity index (χ2v) is 20.6. The number of aromatic nitrogens is 6. The number of likely N-dealkylation sites (N-methyl/N-ethyl adjacent to an activating group) is 1. The maximum atomic E-state index is 14.9. The number of amides is 2. The summed E-state index contributed by atoms with van der Waals surface area (Å²) in [4.78, 5) is 49.5. The van der Waals surface area contributed by atoms with Crippen molar-refractivity contribution in [2.24, 2.45) is 14.1 Å². The van der Waals surface area contributed by atoms with Crippen LogP contribution >= 0.6 is 0 Å². The molecular weight excluding hydrogens is 1070 g/mol. The summed E-state index contributed by atoms with van der Waals surface area (Å²) in [6.07, 6.45) is -5.38. The molecule has 0 saturated carbocycles. The van der Waals surface area contributed by atoms with Crippen LogP contribution in [0, 0.1) is 0 Å². The second-order valence-electron chi connectivity index (χ2n) is 20.6. The summed E-state index contributed by atoms with van der Waals surface area (Å²) in [6, 6.07) is 25.4. The molecule has 1 unspecified atom stereocenters. The van der Waals surface area contributed by atoms with Crippen LogP contribution in [0.5, 0.6) is 23.0 Å². The molecule has 2 fully saturated rings. The normalized spacial score (nSPS) is 15.9. The summed E-state index contributed by atoms with van der Waals surface area (Å²) < 4.78 is 103. The van der Waals surface area contributed by atoms with Gasteiger partial charge in [0, 0.05) is 141 Å². The Balaban J connectivity index is 0.738. The molecule has 0 radical (unpaired) electrons. The number of piperazine rings is 2. The number of hydrogen-bond donors (Lipinski definition) is 4. The van der Waals surface area contributed by atoms with Gasteiger partial charge in [-0.15, -0.1) is 0 Å². The van der Waals surface area contributed by atoms with Gasteiger partial charge in [-0.25, -0.2) is 19.9 Å². The highest BCUT2D eigenvalue weighted by atomic mass is 19.4. The summed E-state index contributed by atoms with van der Waals surface area (Å²) in [7, 11) is 3.51. The smallest absolute Gasteiger partial charge is 0.416 e. The van der Waals surface area contributed by atoms with Gasteiger partial charge in [-0.1, -0.05) is 13.0 Å². The van der Waals surface area contributed by atoms with E-state index in [1.807, 2.05) is 0 Å². The van der Waals surface area contributed by atoms with Gasteiger partial charge < -0.3 is 44.8 Å². The van der Waals surface area contributed by atoms with Gasteiger partial charge >= 0.3 is 12.4 Å². The predicted molar refractivity (Wildman–Crippen MR) is 301 cm³/mol. The van der Waals surface area contributed by atoms with E-state index in [2.05, 4.69) is 67.7 Å². The molecule has 0 aliphatic carbocycles. The molecule has 4 N–H and O–H groups in total. The molecule has 4 aromatic heterocycles. The van der Waals surface area contributed by atoms with Crippen LogP contribution < -0.4 is 30.7 Å². The lowest BCUT2D eigenvalue weighted by atomic mass is 10.0.